The smallest absolute Gasteiger partial charge is 0.331 e. The van der Waals surface area contributed by atoms with E-state index < -0.39 is 17.1 Å². The second-order valence-electron chi connectivity index (χ2n) is 5.90. The van der Waals surface area contributed by atoms with Crippen molar-refractivity contribution in [1.29, 1.82) is 0 Å². The van der Waals surface area contributed by atoms with E-state index in [0.717, 1.165) is 10.1 Å². The third kappa shape index (κ3) is 2.97. The summed E-state index contributed by atoms with van der Waals surface area (Å²) in [6, 6.07) is 8.89. The highest BCUT2D eigenvalue weighted by Crippen LogP contribution is 2.33. The Labute approximate surface area is 148 Å². The van der Waals surface area contributed by atoms with Crippen molar-refractivity contribution in [3.05, 3.63) is 75.0 Å². The predicted octanol–water partition coefficient (Wildman–Crippen LogP) is 1.13. The van der Waals surface area contributed by atoms with Crippen molar-refractivity contribution in [2.75, 3.05) is 0 Å². The number of H-pyrrole nitrogens is 1. The average molecular weight is 354 g/mol. The van der Waals surface area contributed by atoms with Gasteiger partial charge in [0, 0.05) is 19.9 Å². The van der Waals surface area contributed by atoms with Crippen molar-refractivity contribution in [1.82, 2.24) is 14.6 Å². The van der Waals surface area contributed by atoms with Crippen LogP contribution in [0.25, 0.3) is 0 Å². The normalized spacial score (nSPS) is 16.4. The summed E-state index contributed by atoms with van der Waals surface area (Å²) >= 11 is 0. The molecule has 0 fully saturated rings. The summed E-state index contributed by atoms with van der Waals surface area (Å²) in [4.78, 5) is 38.3. The number of carbonyl (C=O) groups is 1. The Morgan fingerprint density at radius 1 is 1.38 bits per heavy atom. The van der Waals surface area contributed by atoms with Gasteiger partial charge < -0.3 is 5.11 Å². The molecule has 1 atom stereocenters. The van der Waals surface area contributed by atoms with Crippen LogP contribution in [0, 0.1) is 0 Å². The topological polar surface area (TPSA) is 108 Å². The van der Waals surface area contributed by atoms with E-state index in [2.05, 4.69) is 16.7 Å². The lowest BCUT2D eigenvalue weighted by atomic mass is 9.99. The van der Waals surface area contributed by atoms with Gasteiger partial charge in [-0.25, -0.2) is 9.80 Å². The largest absolute Gasteiger partial charge is 0.494 e. The minimum absolute atomic E-state index is 0.0280. The van der Waals surface area contributed by atoms with Gasteiger partial charge in [-0.15, -0.1) is 6.58 Å². The number of hydrazone groups is 1. The molecular weight excluding hydrogens is 336 g/mol. The van der Waals surface area contributed by atoms with Crippen LogP contribution >= 0.6 is 0 Å². The van der Waals surface area contributed by atoms with Crippen LogP contribution in [-0.4, -0.2) is 31.3 Å². The van der Waals surface area contributed by atoms with E-state index in [9.17, 15) is 19.5 Å². The van der Waals surface area contributed by atoms with Crippen LogP contribution in [0.1, 0.15) is 30.5 Å². The van der Waals surface area contributed by atoms with Crippen molar-refractivity contribution >= 4 is 11.6 Å². The number of carbonyl (C=O) groups excluding carboxylic acids is 1. The first-order valence-electron chi connectivity index (χ1n) is 8.03. The van der Waals surface area contributed by atoms with Gasteiger partial charge >= 0.3 is 5.69 Å². The number of nitrogens with zero attached hydrogens (tertiary/aromatic N) is 3. The van der Waals surface area contributed by atoms with Crippen molar-refractivity contribution in [3.63, 3.8) is 0 Å². The molecule has 0 saturated carbocycles. The Morgan fingerprint density at radius 2 is 2.08 bits per heavy atom. The van der Waals surface area contributed by atoms with Crippen molar-refractivity contribution in [3.8, 4) is 5.88 Å². The van der Waals surface area contributed by atoms with Crippen LogP contribution in [0.3, 0.4) is 0 Å². The van der Waals surface area contributed by atoms with E-state index in [0.29, 0.717) is 0 Å². The van der Waals surface area contributed by atoms with Crippen molar-refractivity contribution in [2.45, 2.75) is 25.9 Å². The fraction of sp³-hybridized carbons (Fsp3) is 0.222. The Bertz CT molecular complexity index is 1000. The zero-order chi connectivity index (χ0) is 18.8. The second kappa shape index (κ2) is 6.83. The first-order chi connectivity index (χ1) is 12.4. The highest BCUT2D eigenvalue weighted by Gasteiger charge is 2.34. The molecule has 2 aromatic rings. The number of aromatic hydroxyl groups is 1. The van der Waals surface area contributed by atoms with Crippen LogP contribution in [0.2, 0.25) is 0 Å². The van der Waals surface area contributed by atoms with Crippen LogP contribution in [-0.2, 0) is 11.3 Å². The van der Waals surface area contributed by atoms with Crippen LogP contribution < -0.4 is 11.2 Å². The fourth-order valence-corrected chi connectivity index (χ4v) is 3.00. The van der Waals surface area contributed by atoms with Gasteiger partial charge in [-0.3, -0.25) is 19.1 Å². The molecule has 0 spiro atoms. The molecule has 26 heavy (non-hydrogen) atoms. The molecule has 0 saturated heterocycles. The second-order valence-corrected chi connectivity index (χ2v) is 5.90. The Morgan fingerprint density at radius 3 is 2.69 bits per heavy atom. The van der Waals surface area contributed by atoms with E-state index >= 15 is 0 Å². The number of hydrogen-bond donors (Lipinski definition) is 2. The summed E-state index contributed by atoms with van der Waals surface area (Å²) in [7, 11) is 0. The van der Waals surface area contributed by atoms with Crippen LogP contribution in [0.15, 0.2) is 57.7 Å². The number of nitrogens with one attached hydrogen (secondary N) is 1. The molecule has 3 rings (SSSR count). The molecule has 2 N–H and O–H groups in total. The van der Waals surface area contributed by atoms with Gasteiger partial charge in [0.25, 0.3) is 5.56 Å². The molecule has 1 aromatic carbocycles. The zero-order valence-electron chi connectivity index (χ0n) is 14.2. The molecule has 1 aliphatic rings. The molecule has 1 amide bonds. The van der Waals surface area contributed by atoms with E-state index in [-0.39, 0.29) is 36.2 Å². The minimum Gasteiger partial charge on any atom is -0.494 e. The SMILES string of the molecule is C=CCn1c(O)c(C2=NN(C(C)=O)[C@H](c3ccccc3)C2)c(=O)[nH]c1=O. The lowest BCUT2D eigenvalue weighted by Crippen LogP contribution is -2.33. The monoisotopic (exact) mass is 354 g/mol. The average Bonchev–Trinajstić information content (AvgIpc) is 3.04. The zero-order valence-corrected chi connectivity index (χ0v) is 14.2. The summed E-state index contributed by atoms with van der Waals surface area (Å²) in [5, 5.41) is 16.0. The fourth-order valence-electron chi connectivity index (χ4n) is 3.00. The number of hydrogen-bond acceptors (Lipinski definition) is 5. The van der Waals surface area contributed by atoms with Crippen LogP contribution in [0.5, 0.6) is 5.88 Å². The standard InChI is InChI=1S/C18H18N4O4/c1-3-9-21-17(25)15(16(24)19-18(21)26)13-10-14(22(20-13)11(2)23)12-7-5-4-6-8-12/h3-8,14,25H,1,9-10H2,2H3,(H,19,24,26)/t14-/m0/s1. The molecule has 0 bridgehead atoms. The number of amides is 1. The Hall–Kier alpha value is -3.42. The summed E-state index contributed by atoms with van der Waals surface area (Å²) in [5.41, 5.74) is -0.500. The molecule has 134 valence electrons. The minimum atomic E-state index is -0.747. The molecule has 8 heteroatoms. The number of aromatic nitrogens is 2. The van der Waals surface area contributed by atoms with E-state index in [1.807, 2.05) is 30.3 Å². The van der Waals surface area contributed by atoms with E-state index in [4.69, 9.17) is 0 Å². The van der Waals surface area contributed by atoms with Gasteiger partial charge in [0.1, 0.15) is 5.56 Å². The molecule has 1 aliphatic heterocycles. The van der Waals surface area contributed by atoms with Gasteiger partial charge in [-0.1, -0.05) is 36.4 Å². The Kier molecular flexibility index (Phi) is 4.57. The van der Waals surface area contributed by atoms with Crippen molar-refractivity contribution in [2.24, 2.45) is 5.10 Å². The van der Waals surface area contributed by atoms with E-state index in [1.165, 1.54) is 18.0 Å². The summed E-state index contributed by atoms with van der Waals surface area (Å²) in [6.45, 7) is 4.94. The maximum Gasteiger partial charge on any atom is 0.331 e. The molecule has 8 nitrogen and oxygen atoms in total. The summed E-state index contributed by atoms with van der Waals surface area (Å²) in [5.74, 6) is -0.779. The number of aromatic amines is 1. The Balaban J connectivity index is 2.11. The first kappa shape index (κ1) is 17.4. The highest BCUT2D eigenvalue weighted by molar-refractivity contribution is 6.04. The van der Waals surface area contributed by atoms with E-state index in [1.54, 1.807) is 0 Å². The molecule has 1 aromatic heterocycles. The first-order valence-corrected chi connectivity index (χ1v) is 8.03. The summed E-state index contributed by atoms with van der Waals surface area (Å²) in [6.07, 6.45) is 1.67. The lowest BCUT2D eigenvalue weighted by Gasteiger charge is -2.20. The summed E-state index contributed by atoms with van der Waals surface area (Å²) < 4.78 is 0.986. The maximum atomic E-state index is 12.3. The highest BCUT2D eigenvalue weighted by atomic mass is 16.3. The quantitative estimate of drug-likeness (QED) is 0.802. The van der Waals surface area contributed by atoms with Gasteiger partial charge in [0.2, 0.25) is 11.8 Å². The van der Waals surface area contributed by atoms with Crippen LogP contribution in [0.4, 0.5) is 0 Å². The van der Waals surface area contributed by atoms with Gasteiger partial charge in [0.05, 0.1) is 11.8 Å². The molecule has 0 unspecified atom stereocenters. The van der Waals surface area contributed by atoms with Gasteiger partial charge in [-0.2, -0.15) is 5.10 Å². The molecule has 2 heterocycles. The number of benzene rings is 1. The number of rotatable bonds is 4. The predicted molar refractivity (Wildman–Crippen MR) is 96.0 cm³/mol. The molecular formula is C18H18N4O4. The van der Waals surface area contributed by atoms with Gasteiger partial charge in [-0.05, 0) is 5.56 Å². The lowest BCUT2D eigenvalue weighted by molar-refractivity contribution is -0.130. The number of allylic oxidation sites excluding steroid dienone is 1. The van der Waals surface area contributed by atoms with Crippen molar-refractivity contribution < 1.29 is 9.90 Å². The molecule has 0 aliphatic carbocycles. The third-order valence-electron chi connectivity index (χ3n) is 4.19. The maximum absolute atomic E-state index is 12.3. The van der Waals surface area contributed by atoms with Gasteiger partial charge in [0.15, 0.2) is 0 Å². The third-order valence-corrected chi connectivity index (χ3v) is 4.19. The molecule has 0 radical (unpaired) electrons.